The van der Waals surface area contributed by atoms with Crippen LogP contribution < -0.4 is 0 Å². The van der Waals surface area contributed by atoms with E-state index in [2.05, 4.69) is 60.4 Å². The summed E-state index contributed by atoms with van der Waals surface area (Å²) in [6.07, 6.45) is 7.67. The summed E-state index contributed by atoms with van der Waals surface area (Å²) in [5, 5.41) is 0. The van der Waals surface area contributed by atoms with Crippen molar-refractivity contribution in [3.05, 3.63) is 107 Å². The molecule has 2 nitrogen and oxygen atoms in total. The smallest absolute Gasteiger partial charge is 0.338 e. The third-order valence-corrected chi connectivity index (χ3v) is 5.80. The van der Waals surface area contributed by atoms with Gasteiger partial charge < -0.3 is 4.74 Å². The lowest BCUT2D eigenvalue weighted by Crippen LogP contribution is -2.20. The van der Waals surface area contributed by atoms with Gasteiger partial charge in [0.05, 0.1) is 5.56 Å². The van der Waals surface area contributed by atoms with E-state index in [1.165, 1.54) is 17.5 Å². The normalized spacial score (nSPS) is 13.8. The monoisotopic (exact) mass is 408 g/mol. The second-order valence-electron chi connectivity index (χ2n) is 8.18. The van der Waals surface area contributed by atoms with Crippen LogP contribution in [-0.4, -0.2) is 12.1 Å². The van der Waals surface area contributed by atoms with Crippen LogP contribution in [0.1, 0.15) is 64.7 Å². The van der Waals surface area contributed by atoms with Crippen molar-refractivity contribution in [1.29, 1.82) is 0 Å². The van der Waals surface area contributed by atoms with E-state index in [9.17, 15) is 4.79 Å². The summed E-state index contributed by atoms with van der Waals surface area (Å²) in [5.74, 6) is 6.17. The molecular weight excluding hydrogens is 380 g/mol. The molecule has 0 amide bonds. The number of carbonyl (C=O) groups is 1. The second-order valence-corrected chi connectivity index (χ2v) is 8.18. The zero-order valence-electron chi connectivity index (χ0n) is 17.8. The van der Waals surface area contributed by atoms with Crippen molar-refractivity contribution >= 4 is 5.97 Å². The van der Waals surface area contributed by atoms with Crippen LogP contribution in [0.2, 0.25) is 0 Å². The first-order valence-electron chi connectivity index (χ1n) is 11.2. The first-order chi connectivity index (χ1) is 15.3. The Morgan fingerprint density at radius 1 is 0.710 bits per heavy atom. The number of benzene rings is 3. The van der Waals surface area contributed by atoms with Gasteiger partial charge in [-0.15, -0.1) is 0 Å². The lowest BCUT2D eigenvalue weighted by molar-refractivity contribution is 0.0211. The second kappa shape index (κ2) is 10.6. The minimum atomic E-state index is -0.225. The first-order valence-corrected chi connectivity index (χ1v) is 11.2. The van der Waals surface area contributed by atoms with E-state index < -0.39 is 0 Å². The summed E-state index contributed by atoms with van der Waals surface area (Å²) in [7, 11) is 0. The van der Waals surface area contributed by atoms with Crippen molar-refractivity contribution < 1.29 is 9.53 Å². The minimum absolute atomic E-state index is 0.0800. The van der Waals surface area contributed by atoms with Gasteiger partial charge in [0.15, 0.2) is 0 Å². The molecule has 1 aliphatic carbocycles. The molecule has 0 unspecified atom stereocenters. The van der Waals surface area contributed by atoms with Crippen LogP contribution in [0.15, 0.2) is 78.9 Å². The number of ether oxygens (including phenoxy) is 1. The highest BCUT2D eigenvalue weighted by Gasteiger charge is 2.18. The van der Waals surface area contributed by atoms with E-state index in [0.717, 1.165) is 49.7 Å². The van der Waals surface area contributed by atoms with Crippen molar-refractivity contribution in [3.63, 3.8) is 0 Å². The van der Waals surface area contributed by atoms with Crippen molar-refractivity contribution in [2.45, 2.75) is 51.0 Å². The highest BCUT2D eigenvalue weighted by molar-refractivity contribution is 5.89. The third-order valence-electron chi connectivity index (χ3n) is 5.80. The van der Waals surface area contributed by atoms with Crippen molar-refractivity contribution in [2.75, 3.05) is 0 Å². The standard InChI is InChI=1S/C29H28O2/c30-29(31-28-9-5-2-6-10-28)27-21-19-26(20-22-27)18-17-25-15-13-24(14-16-25)12-11-23-7-3-1-4-8-23/h1,3-4,7-8,13-16,19-22,28H,2,5-6,9-12H2. The number of hydrogen-bond acceptors (Lipinski definition) is 2. The lowest BCUT2D eigenvalue weighted by atomic mass is 9.98. The lowest BCUT2D eigenvalue weighted by Gasteiger charge is -2.21. The predicted molar refractivity (Wildman–Crippen MR) is 125 cm³/mol. The van der Waals surface area contributed by atoms with Gasteiger partial charge in [0.25, 0.3) is 0 Å². The Bertz CT molecular complexity index is 1030. The molecule has 3 aromatic carbocycles. The van der Waals surface area contributed by atoms with Crippen LogP contribution in [0.5, 0.6) is 0 Å². The molecule has 0 aromatic heterocycles. The van der Waals surface area contributed by atoms with Gasteiger partial charge in [0.1, 0.15) is 6.10 Å². The van der Waals surface area contributed by atoms with Crippen molar-refractivity contribution in [1.82, 2.24) is 0 Å². The maximum absolute atomic E-state index is 12.3. The number of hydrogen-bond donors (Lipinski definition) is 0. The maximum Gasteiger partial charge on any atom is 0.338 e. The Balaban J connectivity index is 1.31. The van der Waals surface area contributed by atoms with Gasteiger partial charge in [0, 0.05) is 11.1 Å². The van der Waals surface area contributed by atoms with Gasteiger partial charge in [-0.1, -0.05) is 60.7 Å². The number of aryl methyl sites for hydroxylation is 2. The van der Waals surface area contributed by atoms with E-state index in [1.807, 2.05) is 30.3 Å². The predicted octanol–water partition coefficient (Wildman–Crippen LogP) is 6.36. The maximum atomic E-state index is 12.3. The molecule has 0 N–H and O–H groups in total. The summed E-state index contributed by atoms with van der Waals surface area (Å²) >= 11 is 0. The summed E-state index contributed by atoms with van der Waals surface area (Å²) in [6.45, 7) is 0. The Kier molecular flexibility index (Phi) is 7.19. The van der Waals surface area contributed by atoms with Crippen LogP contribution in [-0.2, 0) is 17.6 Å². The van der Waals surface area contributed by atoms with E-state index in [-0.39, 0.29) is 12.1 Å². The molecule has 0 aliphatic heterocycles. The number of rotatable bonds is 5. The SMILES string of the molecule is O=C(OC1CCCCC1)c1ccc(C#Cc2ccc(CCc3ccccc3)cc2)cc1. The van der Waals surface area contributed by atoms with Crippen LogP contribution in [0.4, 0.5) is 0 Å². The quantitative estimate of drug-likeness (QED) is 0.363. The van der Waals surface area contributed by atoms with Gasteiger partial charge in [-0.3, -0.25) is 0 Å². The largest absolute Gasteiger partial charge is 0.459 e. The Labute approximate surface area is 185 Å². The summed E-state index contributed by atoms with van der Waals surface area (Å²) < 4.78 is 5.63. The molecule has 0 spiro atoms. The van der Waals surface area contributed by atoms with E-state index in [0.29, 0.717) is 5.56 Å². The summed E-state index contributed by atoms with van der Waals surface area (Å²) in [5.41, 5.74) is 5.15. The average Bonchev–Trinajstić information content (AvgIpc) is 2.84. The molecule has 0 atom stereocenters. The number of esters is 1. The molecule has 0 heterocycles. The van der Waals surface area contributed by atoms with Gasteiger partial charge >= 0.3 is 5.97 Å². The zero-order chi connectivity index (χ0) is 21.3. The highest BCUT2D eigenvalue weighted by Crippen LogP contribution is 2.21. The molecule has 3 aromatic rings. The molecular formula is C29H28O2. The average molecular weight is 409 g/mol. The number of carbonyl (C=O) groups excluding carboxylic acids is 1. The fourth-order valence-electron chi connectivity index (χ4n) is 3.92. The van der Waals surface area contributed by atoms with Gasteiger partial charge in [0.2, 0.25) is 0 Å². The van der Waals surface area contributed by atoms with E-state index in [4.69, 9.17) is 4.74 Å². The molecule has 0 saturated heterocycles. The Morgan fingerprint density at radius 2 is 1.26 bits per heavy atom. The molecule has 2 heteroatoms. The Morgan fingerprint density at radius 3 is 1.87 bits per heavy atom. The molecule has 1 saturated carbocycles. The molecule has 0 bridgehead atoms. The zero-order valence-corrected chi connectivity index (χ0v) is 17.8. The molecule has 31 heavy (non-hydrogen) atoms. The van der Waals surface area contributed by atoms with Crippen molar-refractivity contribution in [3.8, 4) is 11.8 Å². The van der Waals surface area contributed by atoms with E-state index >= 15 is 0 Å². The fraction of sp³-hybridized carbons (Fsp3) is 0.276. The van der Waals surface area contributed by atoms with Gasteiger partial charge in [-0.2, -0.15) is 0 Å². The Hall–Kier alpha value is -3.31. The summed E-state index contributed by atoms with van der Waals surface area (Å²) in [4.78, 5) is 12.3. The topological polar surface area (TPSA) is 26.3 Å². The van der Waals surface area contributed by atoms with Crippen molar-refractivity contribution in [2.24, 2.45) is 0 Å². The first kappa shape index (κ1) is 20.9. The van der Waals surface area contributed by atoms with Crippen LogP contribution in [0.3, 0.4) is 0 Å². The van der Waals surface area contributed by atoms with Gasteiger partial charge in [-0.25, -0.2) is 4.79 Å². The van der Waals surface area contributed by atoms with Gasteiger partial charge in [-0.05, 0) is 86.1 Å². The molecule has 0 radical (unpaired) electrons. The van der Waals surface area contributed by atoms with Crippen LogP contribution >= 0.6 is 0 Å². The van der Waals surface area contributed by atoms with Crippen LogP contribution in [0, 0.1) is 11.8 Å². The van der Waals surface area contributed by atoms with E-state index in [1.54, 1.807) is 0 Å². The summed E-state index contributed by atoms with van der Waals surface area (Å²) in [6, 6.07) is 26.4. The molecule has 1 aliphatic rings. The minimum Gasteiger partial charge on any atom is -0.459 e. The molecule has 4 rings (SSSR count). The third kappa shape index (κ3) is 6.33. The highest BCUT2D eigenvalue weighted by atomic mass is 16.5. The fourth-order valence-corrected chi connectivity index (χ4v) is 3.92. The molecule has 156 valence electrons. The molecule has 1 fully saturated rings. The van der Waals surface area contributed by atoms with Crippen LogP contribution in [0.25, 0.3) is 0 Å².